The molecule has 1 atom stereocenters. The third-order valence-corrected chi connectivity index (χ3v) is 8.65. The number of pyridine rings is 1. The summed E-state index contributed by atoms with van der Waals surface area (Å²) in [5.74, 6) is 0.323. The van der Waals surface area contributed by atoms with E-state index in [1.165, 1.54) is 17.4 Å². The second-order valence-electron chi connectivity index (χ2n) is 10.2. The fourth-order valence-electron chi connectivity index (χ4n) is 5.33. The number of fused-ring (bicyclic) bond motifs is 1. The summed E-state index contributed by atoms with van der Waals surface area (Å²) in [4.78, 5) is 27.4. The van der Waals surface area contributed by atoms with Crippen molar-refractivity contribution in [2.24, 2.45) is 0 Å². The number of rotatable bonds is 9. The van der Waals surface area contributed by atoms with Gasteiger partial charge in [0.05, 0.1) is 31.3 Å². The van der Waals surface area contributed by atoms with Crippen LogP contribution in [0.2, 0.25) is 0 Å². The minimum atomic E-state index is -0.931. The van der Waals surface area contributed by atoms with Crippen LogP contribution in [0.3, 0.4) is 0 Å². The topological polar surface area (TPSA) is 94.1 Å². The third-order valence-electron chi connectivity index (χ3n) is 7.64. The molecule has 2 aliphatic heterocycles. The molecule has 1 N–H and O–H groups in total. The van der Waals surface area contributed by atoms with Gasteiger partial charge < -0.3 is 19.1 Å². The number of piperidine rings is 1. The minimum absolute atomic E-state index is 0.0427. The lowest BCUT2D eigenvalue weighted by Crippen LogP contribution is -2.35. The van der Waals surface area contributed by atoms with E-state index in [1.54, 1.807) is 24.4 Å². The molecule has 206 valence electrons. The third kappa shape index (κ3) is 5.43. The molecule has 2 fully saturated rings. The molecule has 6 rings (SSSR count). The van der Waals surface area contributed by atoms with E-state index < -0.39 is 11.8 Å². The predicted octanol–water partition coefficient (Wildman–Crippen LogP) is 5.63. The van der Waals surface area contributed by atoms with Crippen molar-refractivity contribution in [1.82, 2.24) is 19.4 Å². The SMILES string of the molecule is [C-]#[N+]c1ccc(COc2ncccc2C2CCN(Cc3nc4sc(C(=O)O)cc4n3C[C@@H]3CCO3)CC2)c(F)c1. The van der Waals surface area contributed by atoms with Crippen molar-refractivity contribution < 1.29 is 23.8 Å². The normalized spacial score (nSPS) is 17.9. The molecule has 0 radical (unpaired) electrons. The highest BCUT2D eigenvalue weighted by atomic mass is 32.1. The summed E-state index contributed by atoms with van der Waals surface area (Å²) < 4.78 is 28.1. The summed E-state index contributed by atoms with van der Waals surface area (Å²) >= 11 is 1.21. The maximum atomic E-state index is 14.4. The van der Waals surface area contributed by atoms with Crippen molar-refractivity contribution in [3.8, 4) is 5.88 Å². The van der Waals surface area contributed by atoms with Crippen molar-refractivity contribution in [1.29, 1.82) is 0 Å². The fraction of sp³-hybridized carbons (Fsp3) is 0.379. The Morgan fingerprint density at radius 3 is 2.77 bits per heavy atom. The molecule has 40 heavy (non-hydrogen) atoms. The van der Waals surface area contributed by atoms with Crippen molar-refractivity contribution in [3.05, 3.63) is 81.7 Å². The van der Waals surface area contributed by atoms with Gasteiger partial charge in [-0.2, -0.15) is 0 Å². The largest absolute Gasteiger partial charge is 0.477 e. The maximum Gasteiger partial charge on any atom is 0.346 e. The highest BCUT2D eigenvalue weighted by molar-refractivity contribution is 7.20. The van der Waals surface area contributed by atoms with Gasteiger partial charge in [-0.3, -0.25) is 4.90 Å². The molecule has 0 saturated carbocycles. The first-order valence-electron chi connectivity index (χ1n) is 13.3. The Morgan fingerprint density at radius 1 is 1.25 bits per heavy atom. The molecular weight excluding hydrogens is 533 g/mol. The summed E-state index contributed by atoms with van der Waals surface area (Å²) in [7, 11) is 0. The molecule has 4 aromatic rings. The number of nitrogens with zero attached hydrogens (tertiary/aromatic N) is 5. The van der Waals surface area contributed by atoms with Crippen molar-refractivity contribution >= 4 is 33.3 Å². The van der Waals surface area contributed by atoms with Gasteiger partial charge in [0, 0.05) is 23.9 Å². The Labute approximate surface area is 234 Å². The van der Waals surface area contributed by atoms with Crippen LogP contribution >= 0.6 is 11.3 Å². The van der Waals surface area contributed by atoms with Crippen LogP contribution in [-0.4, -0.2) is 56.3 Å². The number of benzene rings is 1. The monoisotopic (exact) mass is 561 g/mol. The molecule has 0 amide bonds. The molecule has 2 saturated heterocycles. The van der Waals surface area contributed by atoms with Gasteiger partial charge in [0.15, 0.2) is 5.69 Å². The van der Waals surface area contributed by atoms with Gasteiger partial charge in [-0.1, -0.05) is 18.2 Å². The zero-order chi connectivity index (χ0) is 27.6. The van der Waals surface area contributed by atoms with Crippen LogP contribution in [-0.2, 0) is 24.4 Å². The smallest absolute Gasteiger partial charge is 0.346 e. The second kappa shape index (κ2) is 11.3. The number of likely N-dealkylation sites (tertiary alicyclic amines) is 1. The van der Waals surface area contributed by atoms with Gasteiger partial charge in [-0.25, -0.2) is 24.0 Å². The van der Waals surface area contributed by atoms with Crippen LogP contribution in [0.4, 0.5) is 10.1 Å². The molecule has 1 aromatic carbocycles. The number of aromatic carboxylic acids is 1. The Hall–Kier alpha value is -3.85. The van der Waals surface area contributed by atoms with Crippen LogP contribution in [0.25, 0.3) is 15.2 Å². The number of thiophene rings is 1. The first-order chi connectivity index (χ1) is 19.5. The van der Waals surface area contributed by atoms with Crippen LogP contribution in [0.15, 0.2) is 42.6 Å². The predicted molar refractivity (Wildman–Crippen MR) is 147 cm³/mol. The number of ether oxygens (including phenoxy) is 2. The Balaban J connectivity index is 1.12. The number of hydrogen-bond acceptors (Lipinski definition) is 7. The summed E-state index contributed by atoms with van der Waals surface area (Å²) in [6, 6.07) is 10.0. The molecule has 3 aromatic heterocycles. The molecule has 11 heteroatoms. The fourth-order valence-corrected chi connectivity index (χ4v) is 6.22. The number of carboxylic acids is 1. The first kappa shape index (κ1) is 26.4. The standard InChI is InChI=1S/C29H28FN5O4S/c1-31-20-5-4-19(23(30)13-20)17-39-27-22(3-2-9-32-27)18-6-10-34(11-7-18)16-26-33-28-24(14-25(40-28)29(36)37)35(26)15-21-8-12-38-21/h2-5,9,13-14,18,21H,6-8,10-12,15-17H2,(H,36,37)/t21-/m0/s1. The van der Waals surface area contributed by atoms with E-state index in [0.717, 1.165) is 60.7 Å². The van der Waals surface area contributed by atoms with E-state index in [0.29, 0.717) is 29.4 Å². The molecule has 0 unspecified atom stereocenters. The van der Waals surface area contributed by atoms with Crippen molar-refractivity contribution in [3.63, 3.8) is 0 Å². The van der Waals surface area contributed by atoms with Crippen LogP contribution in [0, 0.1) is 12.4 Å². The second-order valence-corrected chi connectivity index (χ2v) is 11.2. The van der Waals surface area contributed by atoms with E-state index >= 15 is 0 Å². The molecular formula is C29H28FN5O4S. The van der Waals surface area contributed by atoms with E-state index in [4.69, 9.17) is 21.0 Å². The number of imidazole rings is 1. The highest BCUT2D eigenvalue weighted by Gasteiger charge is 2.27. The van der Waals surface area contributed by atoms with E-state index in [-0.39, 0.29) is 24.3 Å². The quantitative estimate of drug-likeness (QED) is 0.265. The number of carboxylic acid groups (broad SMARTS) is 1. The molecule has 0 bridgehead atoms. The zero-order valence-electron chi connectivity index (χ0n) is 21.8. The van der Waals surface area contributed by atoms with Gasteiger partial charge >= 0.3 is 5.97 Å². The van der Waals surface area contributed by atoms with Gasteiger partial charge in [0.2, 0.25) is 5.88 Å². The van der Waals surface area contributed by atoms with Crippen molar-refractivity contribution in [2.75, 3.05) is 19.7 Å². The number of carbonyl (C=O) groups is 1. The van der Waals surface area contributed by atoms with Crippen LogP contribution in [0.5, 0.6) is 5.88 Å². The van der Waals surface area contributed by atoms with E-state index in [9.17, 15) is 14.3 Å². The van der Waals surface area contributed by atoms with E-state index in [2.05, 4.69) is 19.3 Å². The molecule has 0 spiro atoms. The van der Waals surface area contributed by atoms with E-state index in [1.807, 2.05) is 12.1 Å². The summed E-state index contributed by atoms with van der Waals surface area (Å²) in [6.07, 6.45) is 4.65. The number of hydrogen-bond donors (Lipinski definition) is 1. The van der Waals surface area contributed by atoms with Crippen molar-refractivity contribution in [2.45, 2.75) is 51.0 Å². The van der Waals surface area contributed by atoms with Crippen LogP contribution < -0.4 is 4.74 Å². The average Bonchev–Trinajstić information content (AvgIpc) is 3.49. The summed E-state index contributed by atoms with van der Waals surface area (Å²) in [5.41, 5.74) is 2.53. The Kier molecular flexibility index (Phi) is 7.47. The first-order valence-corrected chi connectivity index (χ1v) is 14.1. The number of aromatic nitrogens is 3. The number of halogens is 1. The summed E-state index contributed by atoms with van der Waals surface area (Å²) in [5, 5.41) is 9.43. The Bertz CT molecular complexity index is 1580. The molecule has 0 aliphatic carbocycles. The molecule has 5 heterocycles. The van der Waals surface area contributed by atoms with Crippen LogP contribution in [0.1, 0.15) is 51.8 Å². The molecule has 9 nitrogen and oxygen atoms in total. The highest BCUT2D eigenvalue weighted by Crippen LogP contribution is 2.35. The molecule has 2 aliphatic rings. The minimum Gasteiger partial charge on any atom is -0.477 e. The van der Waals surface area contributed by atoms with Gasteiger partial charge in [0.25, 0.3) is 0 Å². The van der Waals surface area contributed by atoms with Gasteiger partial charge in [0.1, 0.15) is 28.0 Å². The van der Waals surface area contributed by atoms with Gasteiger partial charge in [-0.05, 0) is 56.5 Å². The maximum absolute atomic E-state index is 14.4. The lowest BCUT2D eigenvalue weighted by Gasteiger charge is -2.33. The lowest BCUT2D eigenvalue weighted by atomic mass is 9.90. The zero-order valence-corrected chi connectivity index (χ0v) is 22.6. The van der Waals surface area contributed by atoms with Gasteiger partial charge in [-0.15, -0.1) is 11.3 Å². The lowest BCUT2D eigenvalue weighted by molar-refractivity contribution is -0.0592. The average molecular weight is 562 g/mol. The Morgan fingerprint density at radius 2 is 2.08 bits per heavy atom. The summed E-state index contributed by atoms with van der Waals surface area (Å²) in [6.45, 7) is 10.9.